The highest BCUT2D eigenvalue weighted by atomic mass is 32.3. The van der Waals surface area contributed by atoms with E-state index in [0.717, 1.165) is 0 Å². The Bertz CT molecular complexity index is 82.7. The summed E-state index contributed by atoms with van der Waals surface area (Å²) in [7, 11) is -1.38. The van der Waals surface area contributed by atoms with Crippen molar-refractivity contribution in [3.8, 4) is 0 Å². The van der Waals surface area contributed by atoms with Crippen LogP contribution < -0.4 is 10.9 Å². The quantitative estimate of drug-likeness (QED) is 0.307. The van der Waals surface area contributed by atoms with Crippen molar-refractivity contribution in [2.45, 2.75) is 0 Å². The molecule has 3 nitrogen and oxygen atoms in total. The van der Waals surface area contributed by atoms with E-state index >= 15 is 0 Å². The fourth-order valence-electron chi connectivity index (χ4n) is 0. The highest BCUT2D eigenvalue weighted by Gasteiger charge is 2.05. The van der Waals surface area contributed by atoms with E-state index in [1.807, 2.05) is 0 Å². The van der Waals surface area contributed by atoms with Crippen molar-refractivity contribution < 1.29 is 0 Å². The molecule has 0 fully saturated rings. The van der Waals surface area contributed by atoms with Gasteiger partial charge in [-0.25, -0.2) is 0 Å². The van der Waals surface area contributed by atoms with Crippen molar-refractivity contribution in [1.82, 2.24) is 0 Å². The predicted molar refractivity (Wildman–Crippen MR) is 35.5 cm³/mol. The van der Waals surface area contributed by atoms with Crippen molar-refractivity contribution >= 4 is 15.4 Å². The maximum absolute atomic E-state index is 6.84. The Balaban J connectivity index is 3.79. The van der Waals surface area contributed by atoms with Crippen molar-refractivity contribution in [1.29, 1.82) is 5.41 Å². The molecule has 4 heteroatoms. The van der Waals surface area contributed by atoms with E-state index in [2.05, 4.69) is 0 Å². The number of rotatable bonds is 0. The molecule has 0 atom stereocenters. The van der Waals surface area contributed by atoms with Gasteiger partial charge in [-0.05, 0) is 12.5 Å². The summed E-state index contributed by atoms with van der Waals surface area (Å²) < 4.78 is 0. The summed E-state index contributed by atoms with van der Waals surface area (Å²) in [6, 6.07) is 0. The van der Waals surface area contributed by atoms with Gasteiger partial charge in [-0.15, -0.1) is 10.2 Å². The molecule has 0 saturated carbocycles. The number of amidine groups is 1. The first-order chi connectivity index (χ1) is 2.94. The molecule has 0 saturated heterocycles. The zero-order valence-corrected chi connectivity index (χ0v) is 5.38. The van der Waals surface area contributed by atoms with Crippen LogP contribution in [0.5, 0.6) is 0 Å². The van der Waals surface area contributed by atoms with Crippen LogP contribution >= 0.6 is 10.2 Å². The van der Waals surface area contributed by atoms with Gasteiger partial charge in [0.1, 0.15) is 5.17 Å². The van der Waals surface area contributed by atoms with Crippen LogP contribution in [0.15, 0.2) is 0 Å². The average Bonchev–Trinajstić information content (AvgIpc) is 1.31. The largest absolute Gasteiger partial charge is 0.379 e. The van der Waals surface area contributed by atoms with Crippen LogP contribution in [0.3, 0.4) is 0 Å². The molecular weight excluding hydrogens is 110 g/mol. The standard InChI is InChI=1S/C3H11N3S/c1-7(2,6)3(4)5/h6H2,1-2H3,(H3,4,5). The Morgan fingerprint density at radius 3 is 1.71 bits per heavy atom. The zero-order chi connectivity index (χ0) is 6.08. The smallest absolute Gasteiger partial charge is 0.145 e. The topological polar surface area (TPSA) is 75.9 Å². The Kier molecular flexibility index (Phi) is 1.66. The third kappa shape index (κ3) is 2.47. The Morgan fingerprint density at radius 1 is 1.57 bits per heavy atom. The van der Waals surface area contributed by atoms with E-state index in [1.54, 1.807) is 12.5 Å². The first-order valence-electron chi connectivity index (χ1n) is 1.79. The Hall–Kier alpha value is -0.220. The summed E-state index contributed by atoms with van der Waals surface area (Å²) >= 11 is 0. The van der Waals surface area contributed by atoms with Crippen LogP contribution in [0, 0.1) is 5.41 Å². The first-order valence-corrected chi connectivity index (χ1v) is 4.31. The minimum Gasteiger partial charge on any atom is -0.379 e. The second-order valence-corrected chi connectivity index (χ2v) is 5.02. The molecule has 0 unspecified atom stereocenters. The van der Waals surface area contributed by atoms with E-state index in [0.29, 0.717) is 0 Å². The lowest BCUT2D eigenvalue weighted by Crippen LogP contribution is -2.24. The fourth-order valence-corrected chi connectivity index (χ4v) is 0. The number of nitrogens with two attached hydrogens (primary N) is 2. The molecule has 0 aliphatic rings. The van der Waals surface area contributed by atoms with E-state index in [-0.39, 0.29) is 5.17 Å². The Labute approximate surface area is 45.0 Å². The van der Waals surface area contributed by atoms with E-state index in [9.17, 15) is 0 Å². The highest BCUT2D eigenvalue weighted by molar-refractivity contribution is 8.42. The van der Waals surface area contributed by atoms with Crippen LogP contribution in [0.2, 0.25) is 0 Å². The van der Waals surface area contributed by atoms with Gasteiger partial charge in [-0.2, -0.15) is 0 Å². The number of hydrogen-bond acceptors (Lipinski definition) is 2. The lowest BCUT2D eigenvalue weighted by molar-refractivity contribution is 1.49. The second-order valence-electron chi connectivity index (χ2n) is 1.77. The molecule has 0 rings (SSSR count). The summed E-state index contributed by atoms with van der Waals surface area (Å²) in [5.74, 6) is 0. The summed E-state index contributed by atoms with van der Waals surface area (Å²) in [6.45, 7) is 0. The summed E-state index contributed by atoms with van der Waals surface area (Å²) in [5, 5.41) is 12.4. The van der Waals surface area contributed by atoms with E-state index < -0.39 is 10.2 Å². The van der Waals surface area contributed by atoms with Gasteiger partial charge in [-0.3, -0.25) is 10.5 Å². The molecule has 0 amide bonds. The third-order valence-electron chi connectivity index (χ3n) is 0.567. The monoisotopic (exact) mass is 121 g/mol. The lowest BCUT2D eigenvalue weighted by atomic mass is 11.4. The summed E-state index contributed by atoms with van der Waals surface area (Å²) in [4.78, 5) is 0. The third-order valence-corrected chi connectivity index (χ3v) is 1.70. The van der Waals surface area contributed by atoms with Crippen LogP contribution in [-0.2, 0) is 0 Å². The molecular formula is C3H11N3S. The molecule has 0 bridgehead atoms. The number of hydrogen-bond donors (Lipinski definition) is 3. The van der Waals surface area contributed by atoms with Crippen LogP contribution in [0.4, 0.5) is 0 Å². The van der Waals surface area contributed by atoms with E-state index in [4.69, 9.17) is 16.3 Å². The highest BCUT2D eigenvalue weighted by Crippen LogP contribution is 2.26. The SMILES string of the molecule is CS(C)(N)C(=N)N. The molecule has 5 N–H and O–H groups in total. The molecule has 0 radical (unpaired) electrons. The molecule has 7 heavy (non-hydrogen) atoms. The molecule has 44 valence electrons. The maximum Gasteiger partial charge on any atom is 0.145 e. The predicted octanol–water partition coefficient (Wildman–Crippen LogP) is -0.182. The lowest BCUT2D eigenvalue weighted by Gasteiger charge is -2.21. The molecule has 0 heterocycles. The molecule has 0 spiro atoms. The van der Waals surface area contributed by atoms with Gasteiger partial charge in [0.25, 0.3) is 0 Å². The van der Waals surface area contributed by atoms with Gasteiger partial charge >= 0.3 is 0 Å². The van der Waals surface area contributed by atoms with Crippen molar-refractivity contribution in [2.24, 2.45) is 10.9 Å². The molecule has 0 aromatic carbocycles. The van der Waals surface area contributed by atoms with Crippen LogP contribution in [-0.4, -0.2) is 17.7 Å². The molecule has 0 aromatic rings. The van der Waals surface area contributed by atoms with Gasteiger partial charge in [-0.1, -0.05) is 0 Å². The fraction of sp³-hybridized carbons (Fsp3) is 0.667. The summed E-state index contributed by atoms with van der Waals surface area (Å²) in [6.07, 6.45) is 3.55. The van der Waals surface area contributed by atoms with Gasteiger partial charge in [0, 0.05) is 0 Å². The van der Waals surface area contributed by atoms with Gasteiger partial charge < -0.3 is 5.73 Å². The molecule has 0 aliphatic heterocycles. The van der Waals surface area contributed by atoms with Crippen LogP contribution in [0.1, 0.15) is 0 Å². The molecule has 0 aromatic heterocycles. The van der Waals surface area contributed by atoms with Gasteiger partial charge in [0.05, 0.1) is 0 Å². The first kappa shape index (κ1) is 6.78. The minimum absolute atomic E-state index is 0.104. The zero-order valence-electron chi connectivity index (χ0n) is 4.56. The number of nitrogens with one attached hydrogen (secondary N) is 1. The van der Waals surface area contributed by atoms with E-state index in [1.165, 1.54) is 0 Å². The van der Waals surface area contributed by atoms with Crippen molar-refractivity contribution in [3.05, 3.63) is 0 Å². The van der Waals surface area contributed by atoms with Crippen molar-refractivity contribution in [3.63, 3.8) is 0 Å². The van der Waals surface area contributed by atoms with Crippen molar-refractivity contribution in [2.75, 3.05) is 12.5 Å². The van der Waals surface area contributed by atoms with Gasteiger partial charge in [0.15, 0.2) is 0 Å². The Morgan fingerprint density at radius 2 is 1.71 bits per heavy atom. The molecule has 0 aliphatic carbocycles. The summed E-state index contributed by atoms with van der Waals surface area (Å²) in [5.41, 5.74) is 5.06. The van der Waals surface area contributed by atoms with Gasteiger partial charge in [0.2, 0.25) is 0 Å². The van der Waals surface area contributed by atoms with Crippen LogP contribution in [0.25, 0.3) is 0 Å². The maximum atomic E-state index is 6.84. The minimum atomic E-state index is -1.38. The normalized spacial score (nSPS) is 13.6. The average molecular weight is 121 g/mol. The second kappa shape index (κ2) is 1.71.